The van der Waals surface area contributed by atoms with Gasteiger partial charge in [0.2, 0.25) is 17.7 Å². The highest BCUT2D eigenvalue weighted by molar-refractivity contribution is 6.30. The number of benzene rings is 2. The van der Waals surface area contributed by atoms with Crippen molar-refractivity contribution >= 4 is 46.8 Å². The number of anilines is 1. The molecule has 1 heterocycles. The number of likely N-dealkylation sites (tertiary alicyclic amines) is 1. The van der Waals surface area contributed by atoms with E-state index in [0.717, 1.165) is 4.90 Å². The molecule has 0 aliphatic carbocycles. The number of nitrogens with zero attached hydrogens (tertiary/aromatic N) is 1. The number of rotatable bonds is 9. The molecule has 0 radical (unpaired) electrons. The molecule has 1 aliphatic heterocycles. The number of halogens is 1. The van der Waals surface area contributed by atoms with Crippen LogP contribution in [-0.4, -0.2) is 53.1 Å². The van der Waals surface area contributed by atoms with E-state index in [2.05, 4.69) is 5.32 Å². The number of Topliss-reactive ketones (excluding diaryl/α,β-unsaturated/α-hetero) is 1. The maximum atomic E-state index is 13.3. The molecular formula is C26H27ClN2O7. The van der Waals surface area contributed by atoms with Crippen molar-refractivity contribution in [1.29, 1.82) is 0 Å². The van der Waals surface area contributed by atoms with E-state index in [0.29, 0.717) is 22.0 Å². The summed E-state index contributed by atoms with van der Waals surface area (Å²) in [4.78, 5) is 63.9. The Morgan fingerprint density at radius 1 is 1.14 bits per heavy atom. The lowest BCUT2D eigenvalue weighted by molar-refractivity contribution is -0.150. The van der Waals surface area contributed by atoms with Gasteiger partial charge in [0.05, 0.1) is 26.0 Å². The average molecular weight is 515 g/mol. The molecule has 2 atom stereocenters. The van der Waals surface area contributed by atoms with E-state index in [1.807, 2.05) is 0 Å². The first kappa shape index (κ1) is 26.9. The van der Waals surface area contributed by atoms with Gasteiger partial charge in [0, 0.05) is 29.5 Å². The summed E-state index contributed by atoms with van der Waals surface area (Å²) in [5, 5.41) is 12.3. The predicted octanol–water partition coefficient (Wildman–Crippen LogP) is 3.35. The summed E-state index contributed by atoms with van der Waals surface area (Å²) >= 11 is 6.10. The fourth-order valence-electron chi connectivity index (χ4n) is 4.14. The fraction of sp³-hybridized carbons (Fsp3) is 0.346. The Labute approximate surface area is 213 Å². The topological polar surface area (TPSA) is 130 Å². The van der Waals surface area contributed by atoms with Crippen LogP contribution in [0.3, 0.4) is 0 Å². The van der Waals surface area contributed by atoms with Crippen molar-refractivity contribution in [3.05, 3.63) is 59.1 Å². The first-order chi connectivity index (χ1) is 17.2. The number of aliphatic carboxylic acids is 1. The minimum Gasteiger partial charge on any atom is -0.496 e. The van der Waals surface area contributed by atoms with Crippen LogP contribution in [0.4, 0.5) is 5.69 Å². The van der Waals surface area contributed by atoms with E-state index >= 15 is 0 Å². The van der Waals surface area contributed by atoms with Crippen LogP contribution in [0, 0.1) is 11.8 Å². The number of hydrogen-bond acceptors (Lipinski definition) is 6. The number of carbonyl (C=O) groups is 5. The Bertz CT molecular complexity index is 1150. The molecule has 1 aliphatic rings. The van der Waals surface area contributed by atoms with E-state index in [-0.39, 0.29) is 25.0 Å². The second-order valence-electron chi connectivity index (χ2n) is 8.61. The van der Waals surface area contributed by atoms with E-state index in [9.17, 15) is 29.1 Å². The zero-order chi connectivity index (χ0) is 26.2. The quantitative estimate of drug-likeness (QED) is 0.524. The SMILES string of the molecule is COc1ccc(Cl)cc1CC1CCC(=O)CN(C(=O)C[C@@H](CC(=O)O)C(=O)Nc2ccccc2)C1=O. The van der Waals surface area contributed by atoms with Crippen LogP contribution in [-0.2, 0) is 30.4 Å². The normalized spacial score (nSPS) is 16.7. The highest BCUT2D eigenvalue weighted by Gasteiger charge is 2.36. The van der Waals surface area contributed by atoms with E-state index < -0.39 is 54.9 Å². The van der Waals surface area contributed by atoms with Gasteiger partial charge in [0.25, 0.3) is 0 Å². The Kier molecular flexibility index (Phi) is 9.19. The molecule has 0 bridgehead atoms. The van der Waals surface area contributed by atoms with Crippen molar-refractivity contribution in [3.63, 3.8) is 0 Å². The highest BCUT2D eigenvalue weighted by Crippen LogP contribution is 2.29. The summed E-state index contributed by atoms with van der Waals surface area (Å²) in [5.41, 5.74) is 1.11. The molecule has 1 fully saturated rings. The standard InChI is InChI=1S/C26H27ClN2O7/c1-36-22-10-8-19(27)12-17(22)11-16-7-9-21(30)15-29(26(16)35)23(31)13-18(14-24(32)33)25(34)28-20-5-3-2-4-6-20/h2-6,8,10,12,16,18H,7,9,11,13-15H2,1H3,(H,28,34)(H,32,33)/t16?,18-/m0/s1. The van der Waals surface area contributed by atoms with Crippen LogP contribution in [0.1, 0.15) is 31.2 Å². The number of hydrogen-bond donors (Lipinski definition) is 2. The third kappa shape index (κ3) is 7.14. The molecule has 3 rings (SSSR count). The number of ether oxygens (including phenoxy) is 1. The summed E-state index contributed by atoms with van der Waals surface area (Å²) in [6, 6.07) is 13.4. The zero-order valence-corrected chi connectivity index (χ0v) is 20.5. The van der Waals surface area contributed by atoms with E-state index in [4.69, 9.17) is 16.3 Å². The summed E-state index contributed by atoms with van der Waals surface area (Å²) < 4.78 is 5.35. The summed E-state index contributed by atoms with van der Waals surface area (Å²) in [7, 11) is 1.49. The molecule has 1 unspecified atom stereocenters. The molecule has 2 aromatic rings. The van der Waals surface area contributed by atoms with Crippen molar-refractivity contribution < 1.29 is 33.8 Å². The molecule has 1 saturated heterocycles. The van der Waals surface area contributed by atoms with Crippen LogP contribution >= 0.6 is 11.6 Å². The minimum absolute atomic E-state index is 0.107. The molecule has 0 saturated carbocycles. The maximum Gasteiger partial charge on any atom is 0.304 e. The van der Waals surface area contributed by atoms with Crippen molar-refractivity contribution in [2.75, 3.05) is 19.0 Å². The summed E-state index contributed by atoms with van der Waals surface area (Å²) in [5.74, 6) is -4.93. The Morgan fingerprint density at radius 2 is 1.86 bits per heavy atom. The lowest BCUT2D eigenvalue weighted by Gasteiger charge is -2.24. The number of ketones is 1. The second-order valence-corrected chi connectivity index (χ2v) is 9.04. The largest absolute Gasteiger partial charge is 0.496 e. The van der Waals surface area contributed by atoms with Gasteiger partial charge in [-0.3, -0.25) is 28.9 Å². The lowest BCUT2D eigenvalue weighted by Crippen LogP contribution is -2.43. The molecule has 2 N–H and O–H groups in total. The van der Waals surface area contributed by atoms with Crippen LogP contribution in [0.5, 0.6) is 5.75 Å². The van der Waals surface area contributed by atoms with Crippen molar-refractivity contribution in [1.82, 2.24) is 4.90 Å². The summed E-state index contributed by atoms with van der Waals surface area (Å²) in [6.07, 6.45) is -0.590. The zero-order valence-electron chi connectivity index (χ0n) is 19.7. The van der Waals surface area contributed by atoms with Gasteiger partial charge in [-0.1, -0.05) is 29.8 Å². The van der Waals surface area contributed by atoms with E-state index in [1.54, 1.807) is 48.5 Å². The molecule has 3 amide bonds. The van der Waals surface area contributed by atoms with Crippen LogP contribution in [0.15, 0.2) is 48.5 Å². The monoisotopic (exact) mass is 514 g/mol. The summed E-state index contributed by atoms with van der Waals surface area (Å²) in [6.45, 7) is -0.416. The lowest BCUT2D eigenvalue weighted by atomic mass is 9.93. The number of carboxylic acids is 1. The van der Waals surface area contributed by atoms with Gasteiger partial charge in [-0.15, -0.1) is 0 Å². The van der Waals surface area contributed by atoms with Crippen molar-refractivity contribution in [3.8, 4) is 5.75 Å². The fourth-order valence-corrected chi connectivity index (χ4v) is 4.33. The van der Waals surface area contributed by atoms with Gasteiger partial charge >= 0.3 is 5.97 Å². The number of para-hydroxylation sites is 1. The van der Waals surface area contributed by atoms with Crippen LogP contribution < -0.4 is 10.1 Å². The molecule has 10 heteroatoms. The number of carboxylic acid groups (broad SMARTS) is 1. The van der Waals surface area contributed by atoms with Gasteiger partial charge in [0.1, 0.15) is 5.75 Å². The maximum absolute atomic E-state index is 13.3. The third-order valence-electron chi connectivity index (χ3n) is 5.99. The first-order valence-electron chi connectivity index (χ1n) is 11.4. The Morgan fingerprint density at radius 3 is 2.53 bits per heavy atom. The molecule has 2 aromatic carbocycles. The average Bonchev–Trinajstić information content (AvgIpc) is 2.98. The van der Waals surface area contributed by atoms with Gasteiger partial charge < -0.3 is 15.2 Å². The minimum atomic E-state index is -1.26. The third-order valence-corrected chi connectivity index (χ3v) is 6.22. The molecular weight excluding hydrogens is 488 g/mol. The molecule has 190 valence electrons. The number of nitrogens with one attached hydrogen (secondary N) is 1. The molecule has 36 heavy (non-hydrogen) atoms. The van der Waals surface area contributed by atoms with E-state index in [1.165, 1.54) is 7.11 Å². The van der Waals surface area contributed by atoms with Gasteiger partial charge in [-0.2, -0.15) is 0 Å². The van der Waals surface area contributed by atoms with Crippen molar-refractivity contribution in [2.45, 2.75) is 32.1 Å². The van der Waals surface area contributed by atoms with Gasteiger partial charge in [-0.05, 0) is 48.7 Å². The van der Waals surface area contributed by atoms with Crippen LogP contribution in [0.2, 0.25) is 5.02 Å². The number of carbonyl (C=O) groups excluding carboxylic acids is 4. The Hall–Kier alpha value is -3.72. The molecule has 0 aromatic heterocycles. The second kappa shape index (κ2) is 12.3. The van der Waals surface area contributed by atoms with Gasteiger partial charge in [-0.25, -0.2) is 0 Å². The smallest absolute Gasteiger partial charge is 0.304 e. The number of amides is 3. The number of methoxy groups -OCH3 is 1. The molecule has 0 spiro atoms. The molecule has 9 nitrogen and oxygen atoms in total. The first-order valence-corrected chi connectivity index (χ1v) is 11.8. The van der Waals surface area contributed by atoms with Crippen molar-refractivity contribution in [2.24, 2.45) is 11.8 Å². The number of imide groups is 1. The Balaban J connectivity index is 1.78. The van der Waals surface area contributed by atoms with Crippen LogP contribution in [0.25, 0.3) is 0 Å². The highest BCUT2D eigenvalue weighted by atomic mass is 35.5. The van der Waals surface area contributed by atoms with Gasteiger partial charge in [0.15, 0.2) is 5.78 Å². The predicted molar refractivity (Wildman–Crippen MR) is 132 cm³/mol.